The monoisotopic (exact) mass is 667 g/mol. The van der Waals surface area contributed by atoms with Crippen molar-refractivity contribution in [1.29, 1.82) is 0 Å². The zero-order valence-corrected chi connectivity index (χ0v) is 28.4. The molecule has 5 nitrogen and oxygen atoms in total. The molecule has 3 heterocycles. The second-order valence-electron chi connectivity index (χ2n) is 13.2. The van der Waals surface area contributed by atoms with E-state index in [4.69, 9.17) is 15.0 Å². The maximum atomic E-state index is 5.09. The zero-order chi connectivity index (χ0) is 34.4. The minimum absolute atomic E-state index is 0.595. The molecule has 0 radical (unpaired) electrons. The van der Waals surface area contributed by atoms with Crippen molar-refractivity contribution in [2.45, 2.75) is 12.8 Å². The molecular formula is C47H33N5. The van der Waals surface area contributed by atoms with Crippen LogP contribution in [0.2, 0.25) is 0 Å². The quantitative estimate of drug-likeness (QED) is 0.183. The van der Waals surface area contributed by atoms with E-state index in [1.807, 2.05) is 60.7 Å². The molecule has 1 aliphatic rings. The Morgan fingerprint density at radius 1 is 0.385 bits per heavy atom. The van der Waals surface area contributed by atoms with Crippen molar-refractivity contribution in [3.8, 4) is 39.9 Å². The normalized spacial score (nSPS) is 12.4. The number of benzene rings is 7. The first kappa shape index (κ1) is 30.0. The summed E-state index contributed by atoms with van der Waals surface area (Å²) in [6.45, 7) is 0. The van der Waals surface area contributed by atoms with Crippen molar-refractivity contribution >= 4 is 38.9 Å². The molecule has 52 heavy (non-hydrogen) atoms. The van der Waals surface area contributed by atoms with Gasteiger partial charge in [0.05, 0.1) is 11.0 Å². The Labute approximate surface area is 302 Å². The van der Waals surface area contributed by atoms with Crippen LogP contribution in [0.15, 0.2) is 176 Å². The second kappa shape index (κ2) is 12.5. The van der Waals surface area contributed by atoms with Crippen LogP contribution in [-0.2, 0) is 12.8 Å². The summed E-state index contributed by atoms with van der Waals surface area (Å²) in [4.78, 5) is 17.5. The molecule has 0 saturated heterocycles. The highest BCUT2D eigenvalue weighted by atomic mass is 15.2. The fourth-order valence-electron chi connectivity index (χ4n) is 7.64. The summed E-state index contributed by atoms with van der Waals surface area (Å²) in [6.07, 6.45) is 1.96. The summed E-state index contributed by atoms with van der Waals surface area (Å²) < 4.78 is 2.18. The smallest absolute Gasteiger partial charge is 0.238 e. The maximum absolute atomic E-state index is 5.09. The summed E-state index contributed by atoms with van der Waals surface area (Å²) in [5, 5.41) is 2.31. The fourth-order valence-corrected chi connectivity index (χ4v) is 7.64. The molecule has 0 bridgehead atoms. The van der Waals surface area contributed by atoms with Crippen molar-refractivity contribution in [3.63, 3.8) is 0 Å². The Morgan fingerprint density at radius 3 is 1.69 bits per heavy atom. The molecule has 0 unspecified atom stereocenters. The first-order valence-corrected chi connectivity index (χ1v) is 17.8. The highest BCUT2D eigenvalue weighted by molar-refractivity contribution is 6.10. The molecule has 0 N–H and O–H groups in total. The van der Waals surface area contributed by atoms with Crippen LogP contribution in [0.4, 0.5) is 17.1 Å². The lowest BCUT2D eigenvalue weighted by Crippen LogP contribution is -2.11. The van der Waals surface area contributed by atoms with Gasteiger partial charge < -0.3 is 4.90 Å². The van der Waals surface area contributed by atoms with Crippen LogP contribution >= 0.6 is 0 Å². The molecule has 0 aliphatic carbocycles. The van der Waals surface area contributed by atoms with Gasteiger partial charge in [-0.15, -0.1) is 0 Å². The molecular weight excluding hydrogens is 635 g/mol. The van der Waals surface area contributed by atoms with Gasteiger partial charge in [0, 0.05) is 39.0 Å². The van der Waals surface area contributed by atoms with Gasteiger partial charge in [-0.25, -0.2) is 4.98 Å². The first-order chi connectivity index (χ1) is 25.8. The van der Waals surface area contributed by atoms with Crippen molar-refractivity contribution < 1.29 is 0 Å². The molecule has 246 valence electrons. The van der Waals surface area contributed by atoms with Gasteiger partial charge in [0.25, 0.3) is 0 Å². The number of nitrogens with zero attached hydrogens (tertiary/aromatic N) is 5. The molecule has 2 aromatic heterocycles. The van der Waals surface area contributed by atoms with Gasteiger partial charge in [0.15, 0.2) is 11.6 Å². The van der Waals surface area contributed by atoms with E-state index in [9.17, 15) is 0 Å². The summed E-state index contributed by atoms with van der Waals surface area (Å²) in [7, 11) is 0. The molecule has 10 rings (SSSR count). The van der Waals surface area contributed by atoms with Crippen LogP contribution in [0.1, 0.15) is 11.1 Å². The molecule has 7 aromatic carbocycles. The van der Waals surface area contributed by atoms with E-state index in [0.717, 1.165) is 45.8 Å². The Bertz CT molecular complexity index is 2680. The van der Waals surface area contributed by atoms with Gasteiger partial charge in [-0.05, 0) is 83.6 Å². The lowest BCUT2D eigenvalue weighted by Gasteiger charge is -2.27. The van der Waals surface area contributed by atoms with E-state index in [1.54, 1.807) is 0 Å². The molecule has 0 amide bonds. The molecule has 0 saturated carbocycles. The standard InChI is InChI=1S/C47H33N5/c1-4-15-33(16-5-1)45-48-46(34-17-6-2-7-18-34)50-47(49-45)52-43-23-13-11-21-39(43)40-31-36(27-29-44(40)52)35-26-28-42-37(30-35)25-24-32-14-10-12-22-41(32)51(42)38-19-8-3-9-20-38/h1-23,26-31H,24-25H2. The number of rotatable bonds is 5. The highest BCUT2D eigenvalue weighted by Crippen LogP contribution is 2.43. The lowest BCUT2D eigenvalue weighted by atomic mass is 9.97. The van der Waals surface area contributed by atoms with Gasteiger partial charge in [-0.2, -0.15) is 9.97 Å². The Kier molecular flexibility index (Phi) is 7.21. The van der Waals surface area contributed by atoms with Crippen LogP contribution < -0.4 is 4.90 Å². The van der Waals surface area contributed by atoms with E-state index in [2.05, 4.69) is 125 Å². The molecule has 1 aliphatic heterocycles. The molecule has 5 heteroatoms. The molecule has 9 aromatic rings. The van der Waals surface area contributed by atoms with Crippen LogP contribution in [0.5, 0.6) is 0 Å². The lowest BCUT2D eigenvalue weighted by molar-refractivity contribution is 0.953. The largest absolute Gasteiger partial charge is 0.310 e. The third-order valence-electron chi connectivity index (χ3n) is 10.1. The third-order valence-corrected chi connectivity index (χ3v) is 10.1. The molecule has 0 fully saturated rings. The maximum Gasteiger partial charge on any atom is 0.238 e. The first-order valence-electron chi connectivity index (χ1n) is 17.8. The van der Waals surface area contributed by atoms with E-state index >= 15 is 0 Å². The fraction of sp³-hybridized carbons (Fsp3) is 0.0426. The number of aromatic nitrogens is 4. The number of fused-ring (bicyclic) bond motifs is 5. The van der Waals surface area contributed by atoms with Crippen molar-refractivity contribution in [1.82, 2.24) is 19.5 Å². The summed E-state index contributed by atoms with van der Waals surface area (Å²) >= 11 is 0. The average molecular weight is 668 g/mol. The van der Waals surface area contributed by atoms with E-state index in [1.165, 1.54) is 39.3 Å². The minimum atomic E-state index is 0.595. The predicted molar refractivity (Wildman–Crippen MR) is 213 cm³/mol. The topological polar surface area (TPSA) is 46.8 Å². The number of hydrogen-bond donors (Lipinski definition) is 0. The Balaban J connectivity index is 1.12. The van der Waals surface area contributed by atoms with Gasteiger partial charge in [-0.1, -0.05) is 127 Å². The number of anilines is 3. The van der Waals surface area contributed by atoms with Crippen LogP contribution in [0, 0.1) is 0 Å². The van der Waals surface area contributed by atoms with E-state index in [-0.39, 0.29) is 0 Å². The van der Waals surface area contributed by atoms with Crippen molar-refractivity contribution in [2.24, 2.45) is 0 Å². The van der Waals surface area contributed by atoms with Gasteiger partial charge >= 0.3 is 0 Å². The van der Waals surface area contributed by atoms with Crippen LogP contribution in [0.25, 0.3) is 61.7 Å². The van der Waals surface area contributed by atoms with Gasteiger partial charge in [0.1, 0.15) is 0 Å². The minimum Gasteiger partial charge on any atom is -0.310 e. The van der Waals surface area contributed by atoms with Crippen LogP contribution in [-0.4, -0.2) is 19.5 Å². The second-order valence-corrected chi connectivity index (χ2v) is 13.2. The summed E-state index contributed by atoms with van der Waals surface area (Å²) in [6, 6.07) is 62.1. The number of hydrogen-bond acceptors (Lipinski definition) is 4. The highest BCUT2D eigenvalue weighted by Gasteiger charge is 2.23. The number of para-hydroxylation sites is 3. The van der Waals surface area contributed by atoms with E-state index < -0.39 is 0 Å². The zero-order valence-electron chi connectivity index (χ0n) is 28.4. The van der Waals surface area contributed by atoms with Crippen molar-refractivity contribution in [3.05, 3.63) is 187 Å². The predicted octanol–water partition coefficient (Wildman–Crippen LogP) is 11.5. The van der Waals surface area contributed by atoms with Gasteiger partial charge in [0.2, 0.25) is 5.95 Å². The molecule has 0 atom stereocenters. The Morgan fingerprint density at radius 2 is 0.942 bits per heavy atom. The van der Waals surface area contributed by atoms with Gasteiger partial charge in [-0.3, -0.25) is 4.57 Å². The third kappa shape index (κ3) is 5.14. The van der Waals surface area contributed by atoms with E-state index in [0.29, 0.717) is 17.6 Å². The van der Waals surface area contributed by atoms with Crippen molar-refractivity contribution in [2.75, 3.05) is 4.90 Å². The molecule has 0 spiro atoms. The number of aryl methyl sites for hydroxylation is 2. The summed E-state index contributed by atoms with van der Waals surface area (Å²) in [5.74, 6) is 1.88. The summed E-state index contributed by atoms with van der Waals surface area (Å²) in [5.41, 5.74) is 12.7. The SMILES string of the molecule is c1ccc(-c2nc(-c3ccccc3)nc(-n3c4ccccc4c4cc(-c5ccc6c(c5)CCc5ccccc5N6c5ccccc5)ccc43)n2)cc1. The average Bonchev–Trinajstić information content (AvgIpc) is 3.45. The van der Waals surface area contributed by atoms with Crippen LogP contribution in [0.3, 0.4) is 0 Å². The Hall–Kier alpha value is -6.85.